The Bertz CT molecular complexity index is 813. The molecule has 1 aromatic heterocycles. The van der Waals surface area contributed by atoms with Crippen molar-refractivity contribution in [2.45, 2.75) is 6.92 Å². The number of hydrogen-bond acceptors (Lipinski definition) is 6. The molecule has 0 atom stereocenters. The summed E-state index contributed by atoms with van der Waals surface area (Å²) >= 11 is 1.25. The van der Waals surface area contributed by atoms with Crippen LogP contribution in [0.15, 0.2) is 24.3 Å². The number of thiazole rings is 1. The van der Waals surface area contributed by atoms with Gasteiger partial charge in [0.2, 0.25) is 0 Å². The van der Waals surface area contributed by atoms with Crippen LogP contribution in [0.25, 0.3) is 0 Å². The summed E-state index contributed by atoms with van der Waals surface area (Å²) in [6.07, 6.45) is 0. The van der Waals surface area contributed by atoms with Crippen LogP contribution in [0.4, 0.5) is 0 Å². The third-order valence-electron chi connectivity index (χ3n) is 4.32. The van der Waals surface area contributed by atoms with E-state index in [-0.39, 0.29) is 11.8 Å². The van der Waals surface area contributed by atoms with Crippen molar-refractivity contribution >= 4 is 23.2 Å². The van der Waals surface area contributed by atoms with Crippen molar-refractivity contribution in [3.05, 3.63) is 40.4 Å². The van der Waals surface area contributed by atoms with E-state index in [4.69, 9.17) is 9.47 Å². The number of nitrogens with zero attached hydrogens (tertiary/aromatic N) is 3. The number of aromatic nitrogens is 1. The number of piperazine rings is 1. The average molecular weight is 375 g/mol. The van der Waals surface area contributed by atoms with Crippen molar-refractivity contribution in [3.8, 4) is 10.9 Å². The van der Waals surface area contributed by atoms with Gasteiger partial charge < -0.3 is 19.3 Å². The zero-order valence-electron chi connectivity index (χ0n) is 15.0. The number of carbonyl (C=O) groups excluding carboxylic acids is 2. The first-order valence-electron chi connectivity index (χ1n) is 8.27. The molecule has 0 bridgehead atoms. The van der Waals surface area contributed by atoms with E-state index in [1.54, 1.807) is 48.1 Å². The normalized spacial score (nSPS) is 14.3. The second kappa shape index (κ2) is 7.74. The molecule has 2 aromatic rings. The number of rotatable bonds is 4. The van der Waals surface area contributed by atoms with Gasteiger partial charge in [-0.2, -0.15) is 0 Å². The Hall–Kier alpha value is -2.61. The summed E-state index contributed by atoms with van der Waals surface area (Å²) in [5.41, 5.74) is 1.26. The highest BCUT2D eigenvalue weighted by atomic mass is 32.1. The van der Waals surface area contributed by atoms with Gasteiger partial charge in [-0.25, -0.2) is 4.98 Å². The van der Waals surface area contributed by atoms with Crippen molar-refractivity contribution < 1.29 is 19.1 Å². The SMILES string of the molecule is COc1cccc(C(=O)N2CCN(C(=O)c3sc(OC)nc3C)CC2)c1. The van der Waals surface area contributed by atoms with Crippen LogP contribution in [0.1, 0.15) is 25.7 Å². The number of hydrogen-bond donors (Lipinski definition) is 0. The van der Waals surface area contributed by atoms with Crippen LogP contribution in [0.5, 0.6) is 10.9 Å². The number of ether oxygens (including phenoxy) is 2. The largest absolute Gasteiger partial charge is 0.497 e. The molecule has 0 saturated carbocycles. The second-order valence-electron chi connectivity index (χ2n) is 5.91. The van der Waals surface area contributed by atoms with Crippen LogP contribution in [0.3, 0.4) is 0 Å². The van der Waals surface area contributed by atoms with Gasteiger partial charge in [-0.05, 0) is 25.1 Å². The highest BCUT2D eigenvalue weighted by molar-refractivity contribution is 7.15. The van der Waals surface area contributed by atoms with Crippen LogP contribution in [0, 0.1) is 6.92 Å². The summed E-state index contributed by atoms with van der Waals surface area (Å²) < 4.78 is 10.3. The van der Waals surface area contributed by atoms with Gasteiger partial charge in [0, 0.05) is 31.7 Å². The molecule has 1 fully saturated rings. The van der Waals surface area contributed by atoms with Crippen LogP contribution >= 0.6 is 11.3 Å². The molecule has 138 valence electrons. The maximum atomic E-state index is 12.7. The van der Waals surface area contributed by atoms with E-state index >= 15 is 0 Å². The number of carbonyl (C=O) groups is 2. The molecule has 8 heteroatoms. The Morgan fingerprint density at radius 1 is 1.04 bits per heavy atom. The van der Waals surface area contributed by atoms with Crippen LogP contribution in [0.2, 0.25) is 0 Å². The molecule has 0 unspecified atom stereocenters. The van der Waals surface area contributed by atoms with E-state index < -0.39 is 0 Å². The third-order valence-corrected chi connectivity index (χ3v) is 5.42. The van der Waals surface area contributed by atoms with Crippen molar-refractivity contribution in [1.82, 2.24) is 14.8 Å². The third kappa shape index (κ3) is 3.65. The fraction of sp³-hybridized carbons (Fsp3) is 0.389. The predicted molar refractivity (Wildman–Crippen MR) is 98.2 cm³/mol. The van der Waals surface area contributed by atoms with E-state index in [2.05, 4.69) is 4.98 Å². The van der Waals surface area contributed by atoms with Crippen molar-refractivity contribution in [3.63, 3.8) is 0 Å². The van der Waals surface area contributed by atoms with Gasteiger partial charge in [0.25, 0.3) is 17.0 Å². The number of methoxy groups -OCH3 is 2. The summed E-state index contributed by atoms with van der Waals surface area (Å²) in [5, 5.41) is 0.484. The molecule has 0 aliphatic carbocycles. The molecule has 2 amide bonds. The topological polar surface area (TPSA) is 72.0 Å². The molecule has 2 heterocycles. The van der Waals surface area contributed by atoms with Gasteiger partial charge in [-0.1, -0.05) is 17.4 Å². The first kappa shape index (κ1) is 18.2. The van der Waals surface area contributed by atoms with E-state index in [0.29, 0.717) is 53.3 Å². The molecule has 1 saturated heterocycles. The minimum Gasteiger partial charge on any atom is -0.497 e. The molecular formula is C18H21N3O4S. The lowest BCUT2D eigenvalue weighted by molar-refractivity contribution is 0.0537. The maximum Gasteiger partial charge on any atom is 0.273 e. The highest BCUT2D eigenvalue weighted by Crippen LogP contribution is 2.26. The Morgan fingerprint density at radius 2 is 1.69 bits per heavy atom. The average Bonchev–Trinajstić information content (AvgIpc) is 3.07. The van der Waals surface area contributed by atoms with Gasteiger partial charge in [0.05, 0.1) is 19.9 Å². The second-order valence-corrected chi connectivity index (χ2v) is 6.88. The molecule has 1 aromatic carbocycles. The Balaban J connectivity index is 1.64. The highest BCUT2D eigenvalue weighted by Gasteiger charge is 2.28. The fourth-order valence-electron chi connectivity index (χ4n) is 2.85. The van der Waals surface area contributed by atoms with Gasteiger partial charge in [0.15, 0.2) is 0 Å². The van der Waals surface area contributed by atoms with Crippen molar-refractivity contribution in [2.75, 3.05) is 40.4 Å². The predicted octanol–water partition coefficient (Wildman–Crippen LogP) is 2.07. The lowest BCUT2D eigenvalue weighted by Crippen LogP contribution is -2.50. The monoisotopic (exact) mass is 375 g/mol. The zero-order chi connectivity index (χ0) is 18.7. The van der Waals surface area contributed by atoms with E-state index in [0.717, 1.165) is 0 Å². The molecule has 1 aliphatic heterocycles. The molecule has 0 spiro atoms. The van der Waals surface area contributed by atoms with Crippen molar-refractivity contribution in [2.24, 2.45) is 0 Å². The van der Waals surface area contributed by atoms with Gasteiger partial charge in [-0.3, -0.25) is 9.59 Å². The zero-order valence-corrected chi connectivity index (χ0v) is 15.8. The van der Waals surface area contributed by atoms with Gasteiger partial charge in [0.1, 0.15) is 10.6 Å². The Morgan fingerprint density at radius 3 is 2.27 bits per heavy atom. The van der Waals surface area contributed by atoms with E-state index in [1.165, 1.54) is 18.4 Å². The lowest BCUT2D eigenvalue weighted by Gasteiger charge is -2.34. The Kier molecular flexibility index (Phi) is 5.41. The first-order chi connectivity index (χ1) is 12.5. The van der Waals surface area contributed by atoms with E-state index in [9.17, 15) is 9.59 Å². The quantitative estimate of drug-likeness (QED) is 0.818. The number of aryl methyl sites for hydroxylation is 1. The van der Waals surface area contributed by atoms with Crippen LogP contribution in [-0.2, 0) is 0 Å². The van der Waals surface area contributed by atoms with E-state index in [1.807, 2.05) is 0 Å². The first-order valence-corrected chi connectivity index (χ1v) is 9.09. The van der Waals surface area contributed by atoms with Gasteiger partial charge >= 0.3 is 0 Å². The lowest BCUT2D eigenvalue weighted by atomic mass is 10.1. The molecule has 1 aliphatic rings. The van der Waals surface area contributed by atoms with Crippen molar-refractivity contribution in [1.29, 1.82) is 0 Å². The Labute approximate surface area is 156 Å². The molecule has 7 nitrogen and oxygen atoms in total. The summed E-state index contributed by atoms with van der Waals surface area (Å²) in [4.78, 5) is 33.7. The molecule has 0 N–H and O–H groups in total. The molecular weight excluding hydrogens is 354 g/mol. The molecule has 0 radical (unpaired) electrons. The smallest absolute Gasteiger partial charge is 0.273 e. The standard InChI is InChI=1S/C18H21N3O4S/c1-12-15(26-18(19-12)25-3)17(23)21-9-7-20(8-10-21)16(22)13-5-4-6-14(11-13)24-2/h4-6,11H,7-10H2,1-3H3. The fourth-order valence-corrected chi connectivity index (χ4v) is 3.70. The van der Waals surface area contributed by atoms with Gasteiger partial charge in [-0.15, -0.1) is 0 Å². The molecule has 3 rings (SSSR count). The van der Waals surface area contributed by atoms with Crippen LogP contribution in [-0.4, -0.2) is 67.0 Å². The summed E-state index contributed by atoms with van der Waals surface area (Å²) in [6.45, 7) is 3.78. The minimum atomic E-state index is -0.0585. The summed E-state index contributed by atoms with van der Waals surface area (Å²) in [5.74, 6) is 0.544. The number of amides is 2. The minimum absolute atomic E-state index is 0.0494. The van der Waals surface area contributed by atoms with Crippen LogP contribution < -0.4 is 9.47 Å². The maximum absolute atomic E-state index is 12.7. The number of benzene rings is 1. The summed E-state index contributed by atoms with van der Waals surface area (Å²) in [6, 6.07) is 7.10. The summed E-state index contributed by atoms with van der Waals surface area (Å²) in [7, 11) is 3.11. The molecule has 26 heavy (non-hydrogen) atoms.